The number of ether oxygens (including phenoxy) is 2. The fourth-order valence-electron chi connectivity index (χ4n) is 3.61. The Morgan fingerprint density at radius 2 is 2.06 bits per heavy atom. The number of aryl methyl sites for hydroxylation is 2. The highest BCUT2D eigenvalue weighted by molar-refractivity contribution is 6.04. The van der Waals surface area contributed by atoms with Crippen LogP contribution in [0.4, 0.5) is 0 Å². The average molecular weight is 450 g/mol. The second kappa shape index (κ2) is 9.78. The zero-order valence-electron chi connectivity index (χ0n) is 18.9. The summed E-state index contributed by atoms with van der Waals surface area (Å²) in [5, 5.41) is 26.1. The Kier molecular flexibility index (Phi) is 6.64. The van der Waals surface area contributed by atoms with E-state index < -0.39 is 0 Å². The lowest BCUT2D eigenvalue weighted by molar-refractivity contribution is 0.262. The molecule has 10 heteroatoms. The number of benzene rings is 2. The summed E-state index contributed by atoms with van der Waals surface area (Å²) in [5.74, 6) is 1.12. The Hall–Kier alpha value is -3.79. The third-order valence-corrected chi connectivity index (χ3v) is 5.47. The summed E-state index contributed by atoms with van der Waals surface area (Å²) in [7, 11) is 1.55. The molecule has 0 unspecified atom stereocenters. The normalized spacial score (nSPS) is 14.8. The van der Waals surface area contributed by atoms with Gasteiger partial charge in [0.1, 0.15) is 12.4 Å². The van der Waals surface area contributed by atoms with E-state index in [4.69, 9.17) is 9.47 Å². The fraction of sp³-hybridized carbons (Fsp3) is 0.348. The van der Waals surface area contributed by atoms with Gasteiger partial charge in [-0.1, -0.05) is 31.2 Å². The summed E-state index contributed by atoms with van der Waals surface area (Å²) in [4.78, 5) is 12.3. The SMILES string of the molecule is CCC(=NN=C1CCOc2c(CO)cccc21)OCc1c(C)cccc1-n1nnn(C)c1=O. The van der Waals surface area contributed by atoms with Crippen LogP contribution in [0.15, 0.2) is 51.4 Å². The van der Waals surface area contributed by atoms with Gasteiger partial charge in [0.05, 0.1) is 24.6 Å². The largest absolute Gasteiger partial charge is 0.492 e. The smallest absolute Gasteiger partial charge is 0.368 e. The molecule has 0 saturated heterocycles. The Labute approximate surface area is 190 Å². The minimum absolute atomic E-state index is 0.101. The van der Waals surface area contributed by atoms with Crippen molar-refractivity contribution in [3.05, 3.63) is 69.1 Å². The van der Waals surface area contributed by atoms with E-state index in [1.54, 1.807) is 7.05 Å². The number of hydrogen-bond donors (Lipinski definition) is 1. The summed E-state index contributed by atoms with van der Waals surface area (Å²) in [6.07, 6.45) is 1.16. The van der Waals surface area contributed by atoms with Crippen LogP contribution in [0.1, 0.15) is 42.0 Å². The molecule has 0 bridgehead atoms. The van der Waals surface area contributed by atoms with Gasteiger partial charge in [0.2, 0.25) is 5.90 Å². The van der Waals surface area contributed by atoms with Crippen LogP contribution in [0.3, 0.4) is 0 Å². The van der Waals surface area contributed by atoms with E-state index in [2.05, 4.69) is 20.6 Å². The molecule has 172 valence electrons. The number of nitrogens with zero attached hydrogens (tertiary/aromatic N) is 6. The zero-order chi connectivity index (χ0) is 23.4. The van der Waals surface area contributed by atoms with Crippen molar-refractivity contribution < 1.29 is 14.6 Å². The standard InChI is InChI=1S/C23H26N6O4/c1-4-21(25-24-19-11-12-32-22-16(13-30)8-6-9-17(19)22)33-14-18-15(2)7-5-10-20(18)29-23(31)28(3)26-27-29/h5-10,30H,4,11-14H2,1-3H3. The maximum absolute atomic E-state index is 12.3. The molecule has 1 N–H and O–H groups in total. The van der Waals surface area contributed by atoms with Gasteiger partial charge in [0.15, 0.2) is 0 Å². The number of aliphatic hydroxyl groups excluding tert-OH is 1. The minimum atomic E-state index is -0.335. The first-order valence-electron chi connectivity index (χ1n) is 10.7. The van der Waals surface area contributed by atoms with Crippen molar-refractivity contribution in [1.29, 1.82) is 0 Å². The average Bonchev–Trinajstić information content (AvgIpc) is 3.17. The van der Waals surface area contributed by atoms with E-state index in [9.17, 15) is 9.90 Å². The Balaban J connectivity index is 1.59. The third kappa shape index (κ3) is 4.56. The maximum atomic E-state index is 12.3. The zero-order valence-corrected chi connectivity index (χ0v) is 18.9. The maximum Gasteiger partial charge on any atom is 0.368 e. The van der Waals surface area contributed by atoms with Crippen LogP contribution < -0.4 is 10.4 Å². The molecule has 2 aromatic carbocycles. The van der Waals surface area contributed by atoms with E-state index in [1.165, 1.54) is 9.36 Å². The molecule has 0 amide bonds. The van der Waals surface area contributed by atoms with Crippen molar-refractivity contribution in [2.75, 3.05) is 6.61 Å². The van der Waals surface area contributed by atoms with E-state index in [0.717, 1.165) is 28.0 Å². The molecular formula is C23H26N6O4. The number of tetrazole rings is 1. The lowest BCUT2D eigenvalue weighted by Crippen LogP contribution is -2.23. The van der Waals surface area contributed by atoms with Gasteiger partial charge in [-0.05, 0) is 35.0 Å². The van der Waals surface area contributed by atoms with Gasteiger partial charge >= 0.3 is 5.69 Å². The number of para-hydroxylation sites is 1. The van der Waals surface area contributed by atoms with Crippen molar-refractivity contribution in [2.24, 2.45) is 17.3 Å². The van der Waals surface area contributed by atoms with E-state index in [0.29, 0.717) is 36.8 Å². The van der Waals surface area contributed by atoms with Crippen LogP contribution in [0.25, 0.3) is 5.69 Å². The second-order valence-corrected chi connectivity index (χ2v) is 7.60. The number of fused-ring (bicyclic) bond motifs is 1. The lowest BCUT2D eigenvalue weighted by Gasteiger charge is -2.20. The number of aliphatic hydroxyl groups is 1. The monoisotopic (exact) mass is 450 g/mol. The first-order valence-corrected chi connectivity index (χ1v) is 10.7. The molecule has 0 spiro atoms. The second-order valence-electron chi connectivity index (χ2n) is 7.60. The molecule has 1 aliphatic heterocycles. The molecule has 10 nitrogen and oxygen atoms in total. The summed E-state index contributed by atoms with van der Waals surface area (Å²) in [5.41, 5.74) is 4.39. The molecule has 0 saturated carbocycles. The molecule has 1 aliphatic rings. The minimum Gasteiger partial charge on any atom is -0.492 e. The van der Waals surface area contributed by atoms with Crippen molar-refractivity contribution in [1.82, 2.24) is 19.8 Å². The van der Waals surface area contributed by atoms with Crippen LogP contribution in [0.2, 0.25) is 0 Å². The van der Waals surface area contributed by atoms with Crippen LogP contribution in [0.5, 0.6) is 5.75 Å². The summed E-state index contributed by atoms with van der Waals surface area (Å²) in [6, 6.07) is 11.2. The van der Waals surface area contributed by atoms with Gasteiger partial charge in [0.25, 0.3) is 0 Å². The van der Waals surface area contributed by atoms with Gasteiger partial charge in [-0.2, -0.15) is 14.5 Å². The highest BCUT2D eigenvalue weighted by atomic mass is 16.5. The molecule has 0 radical (unpaired) electrons. The van der Waals surface area contributed by atoms with Gasteiger partial charge in [0, 0.05) is 36.6 Å². The van der Waals surface area contributed by atoms with Gasteiger partial charge in [-0.3, -0.25) is 0 Å². The van der Waals surface area contributed by atoms with Crippen molar-refractivity contribution in [2.45, 2.75) is 39.9 Å². The van der Waals surface area contributed by atoms with Crippen LogP contribution in [-0.2, 0) is 25.0 Å². The molecule has 4 rings (SSSR count). The van der Waals surface area contributed by atoms with Crippen molar-refractivity contribution in [3.63, 3.8) is 0 Å². The number of hydrogen-bond acceptors (Lipinski definition) is 8. The number of aromatic nitrogens is 4. The summed E-state index contributed by atoms with van der Waals surface area (Å²) < 4.78 is 14.2. The highest BCUT2D eigenvalue weighted by Crippen LogP contribution is 2.29. The van der Waals surface area contributed by atoms with Crippen LogP contribution >= 0.6 is 0 Å². The van der Waals surface area contributed by atoms with E-state index >= 15 is 0 Å². The number of rotatable bonds is 6. The first-order chi connectivity index (χ1) is 16.0. The predicted octanol–water partition coefficient (Wildman–Crippen LogP) is 2.28. The predicted molar refractivity (Wildman–Crippen MR) is 123 cm³/mol. The van der Waals surface area contributed by atoms with Gasteiger partial charge in [-0.25, -0.2) is 4.79 Å². The van der Waals surface area contributed by atoms with E-state index in [-0.39, 0.29) is 18.9 Å². The van der Waals surface area contributed by atoms with Crippen LogP contribution in [-0.4, -0.2) is 43.1 Å². The quantitative estimate of drug-likeness (QED) is 0.350. The van der Waals surface area contributed by atoms with Crippen molar-refractivity contribution in [3.8, 4) is 11.4 Å². The molecule has 3 aromatic rings. The lowest BCUT2D eigenvalue weighted by atomic mass is 10.0. The topological polar surface area (TPSA) is 116 Å². The first kappa shape index (κ1) is 22.4. The highest BCUT2D eigenvalue weighted by Gasteiger charge is 2.20. The van der Waals surface area contributed by atoms with Crippen LogP contribution in [0, 0.1) is 6.92 Å². The van der Waals surface area contributed by atoms with Gasteiger partial charge < -0.3 is 14.6 Å². The molecular weight excluding hydrogens is 424 g/mol. The van der Waals surface area contributed by atoms with Crippen molar-refractivity contribution >= 4 is 11.6 Å². The Morgan fingerprint density at radius 1 is 1.24 bits per heavy atom. The Bertz CT molecular complexity index is 1270. The molecule has 0 atom stereocenters. The summed E-state index contributed by atoms with van der Waals surface area (Å²) in [6.45, 7) is 4.46. The Morgan fingerprint density at radius 3 is 2.79 bits per heavy atom. The van der Waals surface area contributed by atoms with E-state index in [1.807, 2.05) is 50.2 Å². The molecule has 1 aromatic heterocycles. The molecule has 0 aliphatic carbocycles. The third-order valence-electron chi connectivity index (χ3n) is 5.47. The molecule has 0 fully saturated rings. The van der Waals surface area contributed by atoms with Gasteiger partial charge in [-0.15, -0.1) is 5.10 Å². The summed E-state index contributed by atoms with van der Waals surface area (Å²) >= 11 is 0. The molecule has 2 heterocycles. The fourth-order valence-corrected chi connectivity index (χ4v) is 3.61. The molecule has 33 heavy (non-hydrogen) atoms.